The summed E-state index contributed by atoms with van der Waals surface area (Å²) >= 11 is 3.49. The number of thiophene rings is 1. The van der Waals surface area contributed by atoms with E-state index in [4.69, 9.17) is 4.74 Å². The summed E-state index contributed by atoms with van der Waals surface area (Å²) in [5.74, 6) is 0.998. The number of nitrogens with one attached hydrogen (secondary N) is 1. The molecule has 20 heavy (non-hydrogen) atoms. The first-order valence-electron chi connectivity index (χ1n) is 6.51. The molecule has 0 saturated carbocycles. The van der Waals surface area contributed by atoms with Crippen LogP contribution in [0.3, 0.4) is 0 Å². The topological polar surface area (TPSA) is 64.9 Å². The van der Waals surface area contributed by atoms with Crippen LogP contribution in [0.5, 0.6) is 0 Å². The Bertz CT molecular complexity index is 474. The molecular formula is C12H19N5OS2. The summed E-state index contributed by atoms with van der Waals surface area (Å²) in [4.78, 5) is 1.40. The number of methoxy groups -OCH3 is 1. The molecule has 0 aromatic carbocycles. The van der Waals surface area contributed by atoms with E-state index in [9.17, 15) is 0 Å². The van der Waals surface area contributed by atoms with Gasteiger partial charge in [-0.15, -0.1) is 16.4 Å². The second kappa shape index (κ2) is 9.06. The Kier molecular flexibility index (Phi) is 6.99. The van der Waals surface area contributed by atoms with Crippen molar-refractivity contribution in [2.24, 2.45) is 0 Å². The summed E-state index contributed by atoms with van der Waals surface area (Å²) in [6, 6.07) is 4.24. The van der Waals surface area contributed by atoms with Crippen LogP contribution in [-0.4, -0.2) is 52.8 Å². The molecule has 0 atom stereocenters. The minimum Gasteiger partial charge on any atom is -0.383 e. The van der Waals surface area contributed by atoms with E-state index in [-0.39, 0.29) is 0 Å². The molecule has 0 unspecified atom stereocenters. The summed E-state index contributed by atoms with van der Waals surface area (Å²) in [7, 11) is 1.70. The molecule has 2 rings (SSSR count). The molecule has 6 nitrogen and oxygen atoms in total. The Morgan fingerprint density at radius 3 is 3.20 bits per heavy atom. The van der Waals surface area contributed by atoms with Crippen LogP contribution in [0.4, 0.5) is 0 Å². The third kappa shape index (κ3) is 5.20. The Hall–Kier alpha value is -0.960. The number of nitrogens with zero attached hydrogens (tertiary/aromatic N) is 4. The molecular weight excluding hydrogens is 294 g/mol. The predicted octanol–water partition coefficient (Wildman–Crippen LogP) is 1.31. The summed E-state index contributed by atoms with van der Waals surface area (Å²) in [5.41, 5.74) is 0. The Morgan fingerprint density at radius 2 is 2.40 bits per heavy atom. The lowest BCUT2D eigenvalue weighted by molar-refractivity contribution is 0.199. The van der Waals surface area contributed by atoms with Gasteiger partial charge in [0, 0.05) is 30.8 Å². The van der Waals surface area contributed by atoms with Crippen LogP contribution < -0.4 is 5.32 Å². The van der Waals surface area contributed by atoms with Gasteiger partial charge in [-0.2, -0.15) is 0 Å². The minimum absolute atomic E-state index is 0.720. The van der Waals surface area contributed by atoms with Crippen LogP contribution in [0.25, 0.3) is 0 Å². The highest BCUT2D eigenvalue weighted by atomic mass is 32.2. The van der Waals surface area contributed by atoms with Crippen molar-refractivity contribution in [3.8, 4) is 0 Å². The van der Waals surface area contributed by atoms with E-state index in [2.05, 4.69) is 38.4 Å². The Morgan fingerprint density at radius 1 is 1.45 bits per heavy atom. The predicted molar refractivity (Wildman–Crippen MR) is 81.3 cm³/mol. The molecule has 0 radical (unpaired) electrons. The van der Waals surface area contributed by atoms with Crippen LogP contribution in [0.15, 0.2) is 22.7 Å². The fourth-order valence-electron chi connectivity index (χ4n) is 1.62. The van der Waals surface area contributed by atoms with Gasteiger partial charge in [-0.1, -0.05) is 17.8 Å². The highest BCUT2D eigenvalue weighted by Crippen LogP contribution is 2.17. The molecule has 0 aliphatic carbocycles. The third-order valence-corrected chi connectivity index (χ3v) is 4.54. The van der Waals surface area contributed by atoms with Crippen LogP contribution in [0, 0.1) is 0 Å². The van der Waals surface area contributed by atoms with E-state index in [1.807, 2.05) is 4.68 Å². The van der Waals surface area contributed by atoms with Gasteiger partial charge in [0.05, 0.1) is 13.2 Å². The fourth-order valence-corrected chi connectivity index (χ4v) is 3.34. The first-order chi connectivity index (χ1) is 9.90. The second-order valence-electron chi connectivity index (χ2n) is 4.11. The van der Waals surface area contributed by atoms with Crippen LogP contribution in [0.2, 0.25) is 0 Å². The number of thioether (sulfide) groups is 1. The molecule has 110 valence electrons. The molecule has 0 fully saturated rings. The maximum absolute atomic E-state index is 4.98. The van der Waals surface area contributed by atoms with Crippen LogP contribution >= 0.6 is 23.1 Å². The van der Waals surface area contributed by atoms with E-state index < -0.39 is 0 Å². The van der Waals surface area contributed by atoms with Gasteiger partial charge >= 0.3 is 0 Å². The minimum atomic E-state index is 0.720. The highest BCUT2D eigenvalue weighted by molar-refractivity contribution is 7.99. The summed E-state index contributed by atoms with van der Waals surface area (Å²) in [5, 5.41) is 18.1. The first-order valence-corrected chi connectivity index (χ1v) is 8.37. The largest absolute Gasteiger partial charge is 0.383 e. The van der Waals surface area contributed by atoms with Gasteiger partial charge in [0.25, 0.3) is 0 Å². The van der Waals surface area contributed by atoms with Crippen LogP contribution in [0.1, 0.15) is 4.88 Å². The maximum atomic E-state index is 4.98. The third-order valence-electron chi connectivity index (χ3n) is 2.64. The molecule has 0 amide bonds. The van der Waals surface area contributed by atoms with Crippen LogP contribution in [-0.2, 0) is 17.7 Å². The first kappa shape index (κ1) is 15.4. The van der Waals surface area contributed by atoms with Gasteiger partial charge < -0.3 is 10.1 Å². The zero-order valence-electron chi connectivity index (χ0n) is 11.5. The summed E-state index contributed by atoms with van der Waals surface area (Å²) in [6.45, 7) is 3.18. The van der Waals surface area contributed by atoms with Gasteiger partial charge in [0.15, 0.2) is 0 Å². The fraction of sp³-hybridized carbons (Fsp3) is 0.583. The van der Waals surface area contributed by atoms with Crippen molar-refractivity contribution in [3.05, 3.63) is 22.4 Å². The van der Waals surface area contributed by atoms with Crippen molar-refractivity contribution in [2.45, 2.75) is 18.1 Å². The summed E-state index contributed by atoms with van der Waals surface area (Å²) in [6.07, 6.45) is 1.06. The maximum Gasteiger partial charge on any atom is 0.209 e. The van der Waals surface area contributed by atoms with Crippen molar-refractivity contribution < 1.29 is 4.74 Å². The monoisotopic (exact) mass is 313 g/mol. The smallest absolute Gasteiger partial charge is 0.209 e. The molecule has 0 aliphatic rings. The average Bonchev–Trinajstić information content (AvgIpc) is 3.11. The van der Waals surface area contributed by atoms with Crippen molar-refractivity contribution in [3.63, 3.8) is 0 Å². The zero-order valence-corrected chi connectivity index (χ0v) is 13.1. The van der Waals surface area contributed by atoms with Crippen molar-refractivity contribution in [2.75, 3.05) is 32.6 Å². The Labute approximate surface area is 126 Å². The van der Waals surface area contributed by atoms with E-state index in [0.29, 0.717) is 0 Å². The van der Waals surface area contributed by atoms with Gasteiger partial charge in [-0.3, -0.25) is 0 Å². The molecule has 8 heteroatoms. The normalized spacial score (nSPS) is 11.1. The molecule has 2 heterocycles. The van der Waals surface area contributed by atoms with Crippen molar-refractivity contribution >= 4 is 23.1 Å². The number of aryl methyl sites for hydroxylation is 1. The number of aromatic nitrogens is 4. The van der Waals surface area contributed by atoms with Gasteiger partial charge in [0.2, 0.25) is 5.16 Å². The van der Waals surface area contributed by atoms with Gasteiger partial charge in [-0.25, -0.2) is 4.68 Å². The number of ether oxygens (including phenoxy) is 1. The number of rotatable bonds is 10. The molecule has 2 aromatic rings. The van der Waals surface area contributed by atoms with E-state index in [1.165, 1.54) is 4.88 Å². The van der Waals surface area contributed by atoms with Crippen molar-refractivity contribution in [1.82, 2.24) is 25.5 Å². The lowest BCUT2D eigenvalue weighted by Gasteiger charge is -2.05. The highest BCUT2D eigenvalue weighted by Gasteiger charge is 2.06. The molecule has 0 aliphatic heterocycles. The SMILES string of the molecule is COCCNCCn1nnnc1SCCc1cccs1. The van der Waals surface area contributed by atoms with Crippen molar-refractivity contribution in [1.29, 1.82) is 0 Å². The van der Waals surface area contributed by atoms with E-state index >= 15 is 0 Å². The van der Waals surface area contributed by atoms with E-state index in [1.54, 1.807) is 30.2 Å². The Balaban J connectivity index is 1.68. The second-order valence-corrected chi connectivity index (χ2v) is 6.20. The van der Waals surface area contributed by atoms with E-state index in [0.717, 1.165) is 43.6 Å². The standard InChI is InChI=1S/C12H19N5OS2/c1-18-8-6-13-5-7-17-12(14-15-16-17)20-10-4-11-3-2-9-19-11/h2-3,9,13H,4-8,10H2,1H3. The molecule has 0 bridgehead atoms. The molecule has 0 saturated heterocycles. The number of hydrogen-bond donors (Lipinski definition) is 1. The van der Waals surface area contributed by atoms with Gasteiger partial charge in [0.1, 0.15) is 0 Å². The number of tetrazole rings is 1. The quantitative estimate of drug-likeness (QED) is 0.527. The van der Waals surface area contributed by atoms with Gasteiger partial charge in [-0.05, 0) is 28.3 Å². The molecule has 1 N–H and O–H groups in total. The summed E-state index contributed by atoms with van der Waals surface area (Å²) < 4.78 is 6.82. The lowest BCUT2D eigenvalue weighted by Crippen LogP contribution is -2.24. The average molecular weight is 313 g/mol. The molecule has 2 aromatic heterocycles. The number of hydrogen-bond acceptors (Lipinski definition) is 7. The molecule has 0 spiro atoms. The zero-order chi connectivity index (χ0) is 14.0. The lowest BCUT2D eigenvalue weighted by atomic mass is 10.4.